The monoisotopic (exact) mass is 240 g/mol. The average molecular weight is 240 g/mol. The van der Waals surface area contributed by atoms with E-state index in [1.54, 1.807) is 0 Å². The fourth-order valence-electron chi connectivity index (χ4n) is 2.08. The highest BCUT2D eigenvalue weighted by Gasteiger charge is 2.15. The SMILES string of the molecule is CN=C(NCCNC(C)(C)C)NC1CCCC1. The molecule has 0 bridgehead atoms. The topological polar surface area (TPSA) is 48.5 Å². The number of nitrogens with one attached hydrogen (secondary N) is 3. The molecule has 0 amide bonds. The van der Waals surface area contributed by atoms with Crippen LogP contribution in [0.15, 0.2) is 4.99 Å². The maximum Gasteiger partial charge on any atom is 0.191 e. The van der Waals surface area contributed by atoms with Gasteiger partial charge in [0.25, 0.3) is 0 Å². The minimum absolute atomic E-state index is 0.185. The fraction of sp³-hybridized carbons (Fsp3) is 0.923. The van der Waals surface area contributed by atoms with E-state index in [-0.39, 0.29) is 5.54 Å². The maximum absolute atomic E-state index is 4.25. The maximum atomic E-state index is 4.25. The molecule has 17 heavy (non-hydrogen) atoms. The summed E-state index contributed by atoms with van der Waals surface area (Å²) < 4.78 is 0. The Balaban J connectivity index is 2.14. The van der Waals surface area contributed by atoms with Gasteiger partial charge in [-0.2, -0.15) is 0 Å². The average Bonchev–Trinajstić information content (AvgIpc) is 2.73. The van der Waals surface area contributed by atoms with Crippen molar-refractivity contribution in [3.8, 4) is 0 Å². The van der Waals surface area contributed by atoms with Crippen LogP contribution < -0.4 is 16.0 Å². The minimum atomic E-state index is 0.185. The number of nitrogens with zero attached hydrogens (tertiary/aromatic N) is 1. The van der Waals surface area contributed by atoms with Crippen LogP contribution in [0.2, 0.25) is 0 Å². The van der Waals surface area contributed by atoms with Gasteiger partial charge in [-0.15, -0.1) is 0 Å². The van der Waals surface area contributed by atoms with Crippen LogP contribution in [0.5, 0.6) is 0 Å². The van der Waals surface area contributed by atoms with Gasteiger partial charge in [0.2, 0.25) is 0 Å². The summed E-state index contributed by atoms with van der Waals surface area (Å²) in [6.45, 7) is 8.40. The molecule has 0 saturated heterocycles. The van der Waals surface area contributed by atoms with Crippen molar-refractivity contribution in [1.29, 1.82) is 0 Å². The van der Waals surface area contributed by atoms with Crippen LogP contribution in [0.3, 0.4) is 0 Å². The van der Waals surface area contributed by atoms with Crippen molar-refractivity contribution >= 4 is 5.96 Å². The molecule has 0 aromatic rings. The smallest absolute Gasteiger partial charge is 0.191 e. The first kappa shape index (κ1) is 14.3. The second-order valence-corrected chi connectivity index (χ2v) is 5.80. The van der Waals surface area contributed by atoms with E-state index in [2.05, 4.69) is 41.7 Å². The fourth-order valence-corrected chi connectivity index (χ4v) is 2.08. The van der Waals surface area contributed by atoms with Crippen molar-refractivity contribution in [2.75, 3.05) is 20.1 Å². The first-order chi connectivity index (χ1) is 8.01. The molecule has 1 saturated carbocycles. The number of guanidine groups is 1. The lowest BCUT2D eigenvalue weighted by atomic mass is 10.1. The van der Waals surface area contributed by atoms with Crippen LogP contribution in [-0.2, 0) is 0 Å². The van der Waals surface area contributed by atoms with Crippen LogP contribution in [0.25, 0.3) is 0 Å². The predicted molar refractivity (Wildman–Crippen MR) is 74.5 cm³/mol. The summed E-state index contributed by atoms with van der Waals surface area (Å²) in [4.78, 5) is 4.25. The van der Waals surface area contributed by atoms with Gasteiger partial charge in [0.05, 0.1) is 0 Å². The first-order valence-electron chi connectivity index (χ1n) is 6.73. The molecule has 4 nitrogen and oxygen atoms in total. The van der Waals surface area contributed by atoms with Gasteiger partial charge in [0.15, 0.2) is 5.96 Å². The zero-order valence-corrected chi connectivity index (χ0v) is 11.8. The van der Waals surface area contributed by atoms with Gasteiger partial charge in [0.1, 0.15) is 0 Å². The van der Waals surface area contributed by atoms with Crippen LogP contribution in [0.1, 0.15) is 46.5 Å². The van der Waals surface area contributed by atoms with E-state index in [1.807, 2.05) is 7.05 Å². The molecule has 4 heteroatoms. The van der Waals surface area contributed by atoms with Gasteiger partial charge in [-0.05, 0) is 33.6 Å². The number of hydrogen-bond donors (Lipinski definition) is 3. The summed E-state index contributed by atoms with van der Waals surface area (Å²) in [5.74, 6) is 0.938. The summed E-state index contributed by atoms with van der Waals surface area (Å²) in [5, 5.41) is 10.3. The van der Waals surface area contributed by atoms with Crippen LogP contribution in [-0.4, -0.2) is 37.7 Å². The molecule has 1 aliphatic rings. The summed E-state index contributed by atoms with van der Waals surface area (Å²) in [6, 6.07) is 0.622. The Morgan fingerprint density at radius 2 is 1.82 bits per heavy atom. The van der Waals surface area contributed by atoms with Crippen LogP contribution >= 0.6 is 0 Å². The molecular weight excluding hydrogens is 212 g/mol. The molecule has 1 fully saturated rings. The van der Waals surface area contributed by atoms with E-state index < -0.39 is 0 Å². The summed E-state index contributed by atoms with van der Waals surface area (Å²) in [7, 11) is 1.83. The van der Waals surface area contributed by atoms with Gasteiger partial charge in [0, 0.05) is 31.7 Å². The predicted octanol–water partition coefficient (Wildman–Crippen LogP) is 1.48. The largest absolute Gasteiger partial charge is 0.355 e. The van der Waals surface area contributed by atoms with Crippen molar-refractivity contribution in [2.24, 2.45) is 4.99 Å². The molecule has 0 aromatic carbocycles. The van der Waals surface area contributed by atoms with Crippen molar-refractivity contribution in [3.05, 3.63) is 0 Å². The third-order valence-electron chi connectivity index (χ3n) is 2.99. The quantitative estimate of drug-likeness (QED) is 0.396. The number of hydrogen-bond acceptors (Lipinski definition) is 2. The Kier molecular flexibility index (Phi) is 5.75. The first-order valence-corrected chi connectivity index (χ1v) is 6.73. The molecule has 100 valence electrons. The van der Waals surface area contributed by atoms with E-state index in [0.717, 1.165) is 19.0 Å². The van der Waals surface area contributed by atoms with E-state index in [4.69, 9.17) is 0 Å². The third kappa shape index (κ3) is 6.51. The molecule has 0 aliphatic heterocycles. The number of aliphatic imine (C=N–C) groups is 1. The van der Waals surface area contributed by atoms with Gasteiger partial charge in [-0.3, -0.25) is 4.99 Å². The number of rotatable bonds is 4. The Morgan fingerprint density at radius 1 is 1.18 bits per heavy atom. The van der Waals surface area contributed by atoms with Gasteiger partial charge in [-0.25, -0.2) is 0 Å². The van der Waals surface area contributed by atoms with Crippen molar-refractivity contribution in [3.63, 3.8) is 0 Å². The van der Waals surface area contributed by atoms with Gasteiger partial charge >= 0.3 is 0 Å². The molecule has 0 aromatic heterocycles. The highest BCUT2D eigenvalue weighted by Crippen LogP contribution is 2.17. The van der Waals surface area contributed by atoms with Gasteiger partial charge < -0.3 is 16.0 Å². The summed E-state index contributed by atoms with van der Waals surface area (Å²) in [5.41, 5.74) is 0.185. The summed E-state index contributed by atoms with van der Waals surface area (Å²) >= 11 is 0. The Morgan fingerprint density at radius 3 is 2.35 bits per heavy atom. The zero-order valence-electron chi connectivity index (χ0n) is 11.8. The molecule has 0 spiro atoms. The van der Waals surface area contributed by atoms with E-state index in [0.29, 0.717) is 6.04 Å². The van der Waals surface area contributed by atoms with Crippen LogP contribution in [0.4, 0.5) is 0 Å². The van der Waals surface area contributed by atoms with Crippen molar-refractivity contribution in [2.45, 2.75) is 58.0 Å². The molecule has 0 radical (unpaired) electrons. The minimum Gasteiger partial charge on any atom is -0.355 e. The molecule has 0 heterocycles. The Hall–Kier alpha value is -0.770. The second-order valence-electron chi connectivity index (χ2n) is 5.80. The van der Waals surface area contributed by atoms with E-state index in [1.165, 1.54) is 25.7 Å². The normalized spacial score (nSPS) is 18.5. The van der Waals surface area contributed by atoms with Crippen molar-refractivity contribution < 1.29 is 0 Å². The van der Waals surface area contributed by atoms with E-state index >= 15 is 0 Å². The van der Waals surface area contributed by atoms with Crippen molar-refractivity contribution in [1.82, 2.24) is 16.0 Å². The second kappa shape index (κ2) is 6.84. The summed E-state index contributed by atoms with van der Waals surface area (Å²) in [6.07, 6.45) is 5.25. The zero-order chi connectivity index (χ0) is 12.7. The van der Waals surface area contributed by atoms with E-state index in [9.17, 15) is 0 Å². The van der Waals surface area contributed by atoms with Gasteiger partial charge in [-0.1, -0.05) is 12.8 Å². The molecule has 3 N–H and O–H groups in total. The molecule has 1 aliphatic carbocycles. The van der Waals surface area contributed by atoms with Crippen LogP contribution in [0, 0.1) is 0 Å². The lowest BCUT2D eigenvalue weighted by Gasteiger charge is -2.22. The lowest BCUT2D eigenvalue weighted by molar-refractivity contribution is 0.428. The highest BCUT2D eigenvalue weighted by molar-refractivity contribution is 5.79. The standard InChI is InChI=1S/C13H28N4/c1-13(2,3)16-10-9-15-12(14-4)17-11-7-5-6-8-11/h11,16H,5-10H2,1-4H3,(H2,14,15,17). The molecular formula is C13H28N4. The Labute approximate surface area is 106 Å². The lowest BCUT2D eigenvalue weighted by Crippen LogP contribution is -2.46. The molecule has 0 unspecified atom stereocenters. The third-order valence-corrected chi connectivity index (χ3v) is 2.99. The molecule has 1 rings (SSSR count). The Bertz CT molecular complexity index is 236. The molecule has 0 atom stereocenters. The highest BCUT2D eigenvalue weighted by atomic mass is 15.2.